The summed E-state index contributed by atoms with van der Waals surface area (Å²) in [6.07, 6.45) is 3.44. The quantitative estimate of drug-likeness (QED) is 0.742. The second kappa shape index (κ2) is 7.72. The summed E-state index contributed by atoms with van der Waals surface area (Å²) in [5.41, 5.74) is 2.47. The third kappa shape index (κ3) is 3.61. The van der Waals surface area contributed by atoms with Gasteiger partial charge in [-0.25, -0.2) is 9.07 Å². The van der Waals surface area contributed by atoms with Gasteiger partial charge in [-0.1, -0.05) is 30.3 Å². The topological polar surface area (TPSA) is 59.0 Å². The molecule has 0 unspecified atom stereocenters. The molecule has 2 aromatic carbocycles. The van der Waals surface area contributed by atoms with E-state index in [4.69, 9.17) is 0 Å². The maximum absolute atomic E-state index is 13.9. The van der Waals surface area contributed by atoms with Gasteiger partial charge in [-0.15, -0.1) is 0 Å². The predicted molar refractivity (Wildman–Crippen MR) is 103 cm³/mol. The maximum Gasteiger partial charge on any atom is 0.259 e. The predicted octanol–water partition coefficient (Wildman–Crippen LogP) is 3.73. The molecule has 0 atom stereocenters. The zero-order chi connectivity index (χ0) is 18.6. The number of benzene rings is 2. The van der Waals surface area contributed by atoms with Gasteiger partial charge < -0.3 is 10.6 Å². The lowest BCUT2D eigenvalue weighted by Crippen LogP contribution is -2.29. The first-order valence-electron chi connectivity index (χ1n) is 9.14. The molecule has 0 saturated carbocycles. The van der Waals surface area contributed by atoms with E-state index in [0.29, 0.717) is 5.56 Å². The first kappa shape index (κ1) is 17.4. The molecule has 1 fully saturated rings. The van der Waals surface area contributed by atoms with Gasteiger partial charge in [0.1, 0.15) is 5.82 Å². The normalized spacial score (nSPS) is 14.9. The van der Waals surface area contributed by atoms with Crippen LogP contribution in [-0.2, 0) is 0 Å². The zero-order valence-electron chi connectivity index (χ0n) is 14.9. The Morgan fingerprint density at radius 1 is 1.07 bits per heavy atom. The second-order valence-electron chi connectivity index (χ2n) is 6.65. The van der Waals surface area contributed by atoms with E-state index in [0.717, 1.165) is 37.3 Å². The Morgan fingerprint density at radius 2 is 1.78 bits per heavy atom. The van der Waals surface area contributed by atoms with E-state index < -0.39 is 5.82 Å². The van der Waals surface area contributed by atoms with Crippen LogP contribution in [0.4, 0.5) is 10.1 Å². The number of hydrogen-bond acceptors (Lipinski definition) is 3. The molecule has 2 heterocycles. The van der Waals surface area contributed by atoms with Gasteiger partial charge in [-0.2, -0.15) is 5.10 Å². The van der Waals surface area contributed by atoms with E-state index in [1.165, 1.54) is 6.07 Å². The molecule has 0 radical (unpaired) electrons. The molecule has 5 nitrogen and oxygen atoms in total. The van der Waals surface area contributed by atoms with Crippen LogP contribution in [0.2, 0.25) is 0 Å². The smallest absolute Gasteiger partial charge is 0.259 e. The summed E-state index contributed by atoms with van der Waals surface area (Å²) < 4.78 is 15.8. The van der Waals surface area contributed by atoms with Crippen LogP contribution < -0.4 is 10.6 Å². The number of anilines is 1. The zero-order valence-corrected chi connectivity index (χ0v) is 14.9. The van der Waals surface area contributed by atoms with Crippen LogP contribution >= 0.6 is 0 Å². The number of rotatable bonds is 4. The van der Waals surface area contributed by atoms with E-state index in [1.54, 1.807) is 24.4 Å². The molecular formula is C21H21FN4O. The Hall–Kier alpha value is -2.99. The van der Waals surface area contributed by atoms with Crippen molar-refractivity contribution < 1.29 is 9.18 Å². The molecule has 1 aliphatic rings. The van der Waals surface area contributed by atoms with Crippen molar-refractivity contribution in [1.82, 2.24) is 15.1 Å². The number of aromatic nitrogens is 2. The summed E-state index contributed by atoms with van der Waals surface area (Å²) in [5.74, 6) is -0.573. The standard InChI is InChI=1S/C21H21FN4O/c22-18-8-4-5-9-19(18)25-21(27)17-14-24-26(16-6-2-1-3-7-16)20(17)15-10-12-23-13-11-15/h1-9,14-15,23H,10-13H2,(H,25,27). The largest absolute Gasteiger partial charge is 0.319 e. The van der Waals surface area contributed by atoms with Crippen molar-refractivity contribution in [2.45, 2.75) is 18.8 Å². The summed E-state index contributed by atoms with van der Waals surface area (Å²) in [7, 11) is 0. The van der Waals surface area contributed by atoms with Gasteiger partial charge in [-0.05, 0) is 50.2 Å². The molecular weight excluding hydrogens is 343 g/mol. The maximum atomic E-state index is 13.9. The van der Waals surface area contributed by atoms with Gasteiger partial charge in [0.2, 0.25) is 0 Å². The molecule has 1 saturated heterocycles. The van der Waals surface area contributed by atoms with Crippen LogP contribution in [0, 0.1) is 5.82 Å². The van der Waals surface area contributed by atoms with Crippen molar-refractivity contribution in [3.8, 4) is 5.69 Å². The molecule has 0 bridgehead atoms. The molecule has 3 aromatic rings. The number of piperidine rings is 1. The highest BCUT2D eigenvalue weighted by atomic mass is 19.1. The number of carbonyl (C=O) groups excluding carboxylic acids is 1. The monoisotopic (exact) mass is 364 g/mol. The van der Waals surface area contributed by atoms with Crippen LogP contribution in [0.5, 0.6) is 0 Å². The number of nitrogens with zero attached hydrogens (tertiary/aromatic N) is 2. The molecule has 1 aliphatic heterocycles. The van der Waals surface area contributed by atoms with Crippen molar-refractivity contribution in [1.29, 1.82) is 0 Å². The molecule has 0 spiro atoms. The number of para-hydroxylation sites is 2. The molecule has 4 rings (SSSR count). The van der Waals surface area contributed by atoms with Crippen molar-refractivity contribution in [3.05, 3.63) is 77.9 Å². The highest BCUT2D eigenvalue weighted by molar-refractivity contribution is 6.05. The second-order valence-corrected chi connectivity index (χ2v) is 6.65. The Morgan fingerprint density at radius 3 is 2.52 bits per heavy atom. The minimum absolute atomic E-state index is 0.172. The van der Waals surface area contributed by atoms with Crippen LogP contribution in [0.3, 0.4) is 0 Å². The van der Waals surface area contributed by atoms with Crippen LogP contribution in [0.15, 0.2) is 60.8 Å². The summed E-state index contributed by atoms with van der Waals surface area (Å²) in [6, 6.07) is 16.0. The highest BCUT2D eigenvalue weighted by Gasteiger charge is 2.27. The number of amides is 1. The Kier molecular flexibility index (Phi) is 4.98. The minimum atomic E-state index is -0.454. The molecule has 138 valence electrons. The third-order valence-electron chi connectivity index (χ3n) is 4.90. The average molecular weight is 364 g/mol. The van der Waals surface area contributed by atoms with Crippen LogP contribution in [-0.4, -0.2) is 28.8 Å². The van der Waals surface area contributed by atoms with Crippen molar-refractivity contribution in [3.63, 3.8) is 0 Å². The summed E-state index contributed by atoms with van der Waals surface area (Å²) >= 11 is 0. The van der Waals surface area contributed by atoms with Crippen molar-refractivity contribution >= 4 is 11.6 Å². The Labute approximate surface area is 157 Å². The van der Waals surface area contributed by atoms with Crippen LogP contribution in [0.25, 0.3) is 5.69 Å². The first-order valence-corrected chi connectivity index (χ1v) is 9.14. The van der Waals surface area contributed by atoms with Gasteiger partial charge in [0.25, 0.3) is 5.91 Å². The SMILES string of the molecule is O=C(Nc1ccccc1F)c1cnn(-c2ccccc2)c1C1CCNCC1. The fourth-order valence-corrected chi connectivity index (χ4v) is 3.55. The lowest BCUT2D eigenvalue weighted by Gasteiger charge is -2.24. The number of halogens is 1. The third-order valence-corrected chi connectivity index (χ3v) is 4.90. The van der Waals surface area contributed by atoms with Gasteiger partial charge in [0, 0.05) is 5.92 Å². The van der Waals surface area contributed by atoms with E-state index in [1.807, 2.05) is 35.0 Å². The van der Waals surface area contributed by atoms with E-state index in [-0.39, 0.29) is 17.5 Å². The summed E-state index contributed by atoms with van der Waals surface area (Å²) in [6.45, 7) is 1.80. The summed E-state index contributed by atoms with van der Waals surface area (Å²) in [4.78, 5) is 12.9. The minimum Gasteiger partial charge on any atom is -0.319 e. The number of hydrogen-bond donors (Lipinski definition) is 2. The van der Waals surface area contributed by atoms with E-state index in [9.17, 15) is 9.18 Å². The fourth-order valence-electron chi connectivity index (χ4n) is 3.55. The van der Waals surface area contributed by atoms with Crippen molar-refractivity contribution in [2.75, 3.05) is 18.4 Å². The molecule has 1 amide bonds. The fraction of sp³-hybridized carbons (Fsp3) is 0.238. The Balaban J connectivity index is 1.72. The number of carbonyl (C=O) groups is 1. The summed E-state index contributed by atoms with van der Waals surface area (Å²) in [5, 5.41) is 10.5. The van der Waals surface area contributed by atoms with E-state index >= 15 is 0 Å². The lowest BCUT2D eigenvalue weighted by molar-refractivity contribution is 0.102. The van der Waals surface area contributed by atoms with E-state index in [2.05, 4.69) is 15.7 Å². The number of nitrogens with one attached hydrogen (secondary N) is 2. The van der Waals surface area contributed by atoms with Gasteiger partial charge >= 0.3 is 0 Å². The molecule has 1 aromatic heterocycles. The van der Waals surface area contributed by atoms with Gasteiger partial charge in [0.15, 0.2) is 0 Å². The van der Waals surface area contributed by atoms with Crippen molar-refractivity contribution in [2.24, 2.45) is 0 Å². The molecule has 0 aliphatic carbocycles. The first-order chi connectivity index (χ1) is 13.2. The van der Waals surface area contributed by atoms with Gasteiger partial charge in [0.05, 0.1) is 28.8 Å². The van der Waals surface area contributed by atoms with Gasteiger partial charge in [-0.3, -0.25) is 4.79 Å². The van der Waals surface area contributed by atoms with Crippen LogP contribution in [0.1, 0.15) is 34.8 Å². The highest BCUT2D eigenvalue weighted by Crippen LogP contribution is 2.30. The average Bonchev–Trinajstić information content (AvgIpc) is 3.16. The Bertz CT molecular complexity index is 932. The molecule has 6 heteroatoms. The molecule has 27 heavy (non-hydrogen) atoms. The lowest BCUT2D eigenvalue weighted by atomic mass is 9.91. The molecule has 2 N–H and O–H groups in total.